The van der Waals surface area contributed by atoms with Gasteiger partial charge in [-0.15, -0.1) is 0 Å². The van der Waals surface area contributed by atoms with Gasteiger partial charge in [-0.05, 0) is 55.7 Å². The molecule has 110 valence electrons. The number of nitrogens with zero attached hydrogens (tertiary/aromatic N) is 1. The van der Waals surface area contributed by atoms with Crippen LogP contribution in [-0.2, 0) is 5.75 Å². The number of benzene rings is 1. The summed E-state index contributed by atoms with van der Waals surface area (Å²) in [6.07, 6.45) is 2.17. The number of rotatable bonds is 5. The van der Waals surface area contributed by atoms with Gasteiger partial charge in [0.25, 0.3) is 5.56 Å². The highest BCUT2D eigenvalue weighted by molar-refractivity contribution is 7.79. The van der Waals surface area contributed by atoms with Crippen molar-refractivity contribution in [3.63, 3.8) is 0 Å². The molecule has 3 rings (SSSR count). The molecule has 1 aliphatic carbocycles. The van der Waals surface area contributed by atoms with Gasteiger partial charge < -0.3 is 9.30 Å². The Hall–Kier alpha value is -1.68. The molecular weight excluding hydrogens is 282 g/mol. The number of pyridine rings is 1. The molecule has 1 heterocycles. The molecule has 0 unspecified atom stereocenters. The Morgan fingerprint density at radius 3 is 2.48 bits per heavy atom. The lowest BCUT2D eigenvalue weighted by Gasteiger charge is -2.14. The third kappa shape index (κ3) is 2.86. The molecule has 4 heteroatoms. The average Bonchev–Trinajstić information content (AvgIpc) is 3.33. The minimum atomic E-state index is 0.0962. The highest BCUT2D eigenvalue weighted by Gasteiger charge is 2.27. The lowest BCUT2D eigenvalue weighted by molar-refractivity contribution is 0.340. The first kappa shape index (κ1) is 14.3. The SMILES string of the molecule is CCOc1ccc(-c2ccc(CS)c(=O)n2C2CC2)cc1. The van der Waals surface area contributed by atoms with Crippen LogP contribution in [0.4, 0.5) is 0 Å². The van der Waals surface area contributed by atoms with Crippen LogP contribution >= 0.6 is 12.6 Å². The number of hydrogen-bond acceptors (Lipinski definition) is 3. The second kappa shape index (κ2) is 5.98. The summed E-state index contributed by atoms with van der Waals surface area (Å²) in [4.78, 5) is 12.5. The van der Waals surface area contributed by atoms with Crippen LogP contribution in [0.1, 0.15) is 31.4 Å². The topological polar surface area (TPSA) is 31.2 Å². The van der Waals surface area contributed by atoms with Crippen LogP contribution in [0.25, 0.3) is 11.3 Å². The molecule has 0 aliphatic heterocycles. The Morgan fingerprint density at radius 1 is 1.19 bits per heavy atom. The van der Waals surface area contributed by atoms with Gasteiger partial charge in [-0.3, -0.25) is 4.79 Å². The first-order chi connectivity index (χ1) is 10.2. The van der Waals surface area contributed by atoms with Gasteiger partial charge in [0.1, 0.15) is 5.75 Å². The number of thiol groups is 1. The second-order valence-electron chi connectivity index (χ2n) is 5.27. The molecule has 0 bridgehead atoms. The van der Waals surface area contributed by atoms with Crippen LogP contribution in [0.3, 0.4) is 0 Å². The first-order valence-electron chi connectivity index (χ1n) is 7.33. The highest BCUT2D eigenvalue weighted by Crippen LogP contribution is 2.37. The van der Waals surface area contributed by atoms with E-state index in [-0.39, 0.29) is 5.56 Å². The van der Waals surface area contributed by atoms with Gasteiger partial charge in [-0.1, -0.05) is 6.07 Å². The van der Waals surface area contributed by atoms with E-state index in [0.717, 1.165) is 35.4 Å². The number of ether oxygens (including phenoxy) is 1. The van der Waals surface area contributed by atoms with Crippen LogP contribution in [0.15, 0.2) is 41.2 Å². The fraction of sp³-hybridized carbons (Fsp3) is 0.353. The molecule has 1 aliphatic rings. The highest BCUT2D eigenvalue weighted by atomic mass is 32.1. The van der Waals surface area contributed by atoms with Crippen molar-refractivity contribution >= 4 is 12.6 Å². The lowest BCUT2D eigenvalue weighted by Crippen LogP contribution is -2.23. The van der Waals surface area contributed by atoms with Crippen molar-refractivity contribution in [2.45, 2.75) is 31.6 Å². The maximum Gasteiger partial charge on any atom is 0.255 e. The molecule has 2 aromatic rings. The molecule has 21 heavy (non-hydrogen) atoms. The predicted molar refractivity (Wildman–Crippen MR) is 88.3 cm³/mol. The Labute approximate surface area is 130 Å². The van der Waals surface area contributed by atoms with Gasteiger partial charge in [0.05, 0.1) is 12.3 Å². The summed E-state index contributed by atoms with van der Waals surface area (Å²) in [7, 11) is 0. The van der Waals surface area contributed by atoms with Crippen molar-refractivity contribution < 1.29 is 4.74 Å². The lowest BCUT2D eigenvalue weighted by atomic mass is 10.1. The van der Waals surface area contributed by atoms with Crippen molar-refractivity contribution in [2.75, 3.05) is 6.61 Å². The molecule has 0 spiro atoms. The molecule has 1 fully saturated rings. The third-order valence-electron chi connectivity index (χ3n) is 3.74. The number of hydrogen-bond donors (Lipinski definition) is 1. The van der Waals surface area contributed by atoms with E-state index < -0.39 is 0 Å². The Morgan fingerprint density at radius 2 is 1.90 bits per heavy atom. The van der Waals surface area contributed by atoms with E-state index in [4.69, 9.17) is 4.74 Å². The van der Waals surface area contributed by atoms with Crippen LogP contribution in [-0.4, -0.2) is 11.2 Å². The zero-order chi connectivity index (χ0) is 14.8. The smallest absolute Gasteiger partial charge is 0.255 e. The van der Waals surface area contributed by atoms with Crippen molar-refractivity contribution in [3.8, 4) is 17.0 Å². The van der Waals surface area contributed by atoms with Crippen molar-refractivity contribution in [3.05, 3.63) is 52.3 Å². The summed E-state index contributed by atoms with van der Waals surface area (Å²) in [6.45, 7) is 2.62. The molecule has 0 atom stereocenters. The van der Waals surface area contributed by atoms with E-state index >= 15 is 0 Å². The molecular formula is C17H19NO2S. The summed E-state index contributed by atoms with van der Waals surface area (Å²) < 4.78 is 7.40. The summed E-state index contributed by atoms with van der Waals surface area (Å²) in [5.41, 5.74) is 2.89. The maximum atomic E-state index is 12.5. The van der Waals surface area contributed by atoms with Gasteiger partial charge in [-0.2, -0.15) is 12.6 Å². The largest absolute Gasteiger partial charge is 0.494 e. The Bertz CT molecular complexity index is 687. The average molecular weight is 301 g/mol. The summed E-state index contributed by atoms with van der Waals surface area (Å²) in [6, 6.07) is 12.2. The summed E-state index contributed by atoms with van der Waals surface area (Å²) in [5.74, 6) is 1.34. The molecule has 0 saturated heterocycles. The van der Waals surface area contributed by atoms with Gasteiger partial charge in [0, 0.05) is 17.4 Å². The van der Waals surface area contributed by atoms with Gasteiger partial charge in [0.15, 0.2) is 0 Å². The van der Waals surface area contributed by atoms with Crippen LogP contribution in [0, 0.1) is 0 Å². The van der Waals surface area contributed by atoms with E-state index in [1.807, 2.05) is 47.9 Å². The van der Waals surface area contributed by atoms with Crippen LogP contribution in [0.2, 0.25) is 0 Å². The van der Waals surface area contributed by atoms with Gasteiger partial charge in [0.2, 0.25) is 0 Å². The first-order valence-corrected chi connectivity index (χ1v) is 7.96. The molecule has 0 N–H and O–H groups in total. The van der Waals surface area contributed by atoms with Crippen LogP contribution < -0.4 is 10.3 Å². The van der Waals surface area contributed by atoms with E-state index in [2.05, 4.69) is 12.6 Å². The van der Waals surface area contributed by atoms with Crippen LogP contribution in [0.5, 0.6) is 5.75 Å². The van der Waals surface area contributed by atoms with Crippen molar-refractivity contribution in [2.24, 2.45) is 0 Å². The fourth-order valence-corrected chi connectivity index (χ4v) is 2.78. The molecule has 1 saturated carbocycles. The van der Waals surface area contributed by atoms with E-state index in [1.165, 1.54) is 0 Å². The Balaban J connectivity index is 2.05. The Kier molecular flexibility index (Phi) is 4.06. The molecule has 1 aromatic heterocycles. The standard InChI is InChI=1S/C17H19NO2S/c1-2-20-15-8-3-12(4-9-15)16-10-5-13(11-21)17(19)18(16)14-6-7-14/h3-5,8-10,14,21H,2,6-7,11H2,1H3. The van der Waals surface area contributed by atoms with Crippen molar-refractivity contribution in [1.82, 2.24) is 4.57 Å². The molecule has 0 amide bonds. The molecule has 1 aromatic carbocycles. The zero-order valence-electron chi connectivity index (χ0n) is 12.1. The number of aromatic nitrogens is 1. The van der Waals surface area contributed by atoms with Gasteiger partial charge in [-0.25, -0.2) is 0 Å². The summed E-state index contributed by atoms with van der Waals surface area (Å²) >= 11 is 4.24. The van der Waals surface area contributed by atoms with E-state index in [9.17, 15) is 4.79 Å². The normalized spacial score (nSPS) is 14.2. The third-order valence-corrected chi connectivity index (χ3v) is 4.08. The summed E-state index contributed by atoms with van der Waals surface area (Å²) in [5, 5.41) is 0. The zero-order valence-corrected chi connectivity index (χ0v) is 13.0. The fourth-order valence-electron chi connectivity index (χ4n) is 2.53. The minimum Gasteiger partial charge on any atom is -0.494 e. The van der Waals surface area contributed by atoms with E-state index in [1.54, 1.807) is 0 Å². The minimum absolute atomic E-state index is 0.0962. The van der Waals surface area contributed by atoms with Gasteiger partial charge >= 0.3 is 0 Å². The van der Waals surface area contributed by atoms with Crippen molar-refractivity contribution in [1.29, 1.82) is 0 Å². The maximum absolute atomic E-state index is 12.5. The molecule has 3 nitrogen and oxygen atoms in total. The quantitative estimate of drug-likeness (QED) is 0.854. The molecule has 0 radical (unpaired) electrons. The monoisotopic (exact) mass is 301 g/mol. The second-order valence-corrected chi connectivity index (χ2v) is 5.58. The van der Waals surface area contributed by atoms with E-state index in [0.29, 0.717) is 18.4 Å². The predicted octanol–water partition coefficient (Wildman–Crippen LogP) is 3.68.